The molecule has 0 aromatic heterocycles. The monoisotopic (exact) mass is 355 g/mol. The third-order valence-corrected chi connectivity index (χ3v) is 5.25. The van der Waals surface area contributed by atoms with Gasteiger partial charge in [-0.1, -0.05) is 6.42 Å². The van der Waals surface area contributed by atoms with Crippen LogP contribution in [0.3, 0.4) is 0 Å². The van der Waals surface area contributed by atoms with Crippen molar-refractivity contribution in [1.29, 1.82) is 0 Å². The fourth-order valence-corrected chi connectivity index (χ4v) is 3.92. The number of carbonyl (C=O) groups excluding carboxylic acids is 2. The molecule has 1 spiro atoms. The quantitative estimate of drug-likeness (QED) is 0.513. The highest BCUT2D eigenvalue weighted by molar-refractivity contribution is 5.72. The summed E-state index contributed by atoms with van der Waals surface area (Å²) in [6.45, 7) is 0.628. The summed E-state index contributed by atoms with van der Waals surface area (Å²) in [7, 11) is 0. The molecule has 1 amide bonds. The lowest BCUT2D eigenvalue weighted by atomic mass is 9.94. The Hall–Kier alpha value is -1.32. The second kappa shape index (κ2) is 7.13. The van der Waals surface area contributed by atoms with Crippen molar-refractivity contribution < 1.29 is 34.0 Å². The first kappa shape index (κ1) is 18.5. The number of hydrogen-bond donors (Lipinski definition) is 2. The molecule has 0 bridgehead atoms. The van der Waals surface area contributed by atoms with Crippen LogP contribution in [-0.4, -0.2) is 70.8 Å². The maximum atomic E-state index is 11.6. The van der Waals surface area contributed by atoms with Crippen molar-refractivity contribution in [2.75, 3.05) is 13.2 Å². The average molecular weight is 355 g/mol. The molecule has 1 aliphatic carbocycles. The fraction of sp³-hybridized carbons (Fsp3) is 0.765. The Bertz CT molecular complexity index is 539. The van der Waals surface area contributed by atoms with E-state index in [0.29, 0.717) is 18.3 Å². The smallest absolute Gasteiger partial charge is 0.215 e. The van der Waals surface area contributed by atoms with E-state index in [0.717, 1.165) is 32.1 Å². The number of carbonyl (C=O) groups is 2. The summed E-state index contributed by atoms with van der Waals surface area (Å²) in [6, 6.07) is 0. The third-order valence-electron chi connectivity index (χ3n) is 5.25. The molecular formula is C17H25NO7. The number of aliphatic hydroxyl groups is 2. The number of aldehydes is 1. The lowest BCUT2D eigenvalue weighted by molar-refractivity contribution is -0.258. The van der Waals surface area contributed by atoms with Gasteiger partial charge in [-0.3, -0.25) is 14.5 Å². The van der Waals surface area contributed by atoms with Gasteiger partial charge in [0.05, 0.1) is 13.2 Å². The van der Waals surface area contributed by atoms with Crippen molar-refractivity contribution in [3.8, 4) is 0 Å². The van der Waals surface area contributed by atoms with Crippen LogP contribution in [0.25, 0.3) is 0 Å². The Kier molecular flexibility index (Phi) is 5.26. The predicted octanol–water partition coefficient (Wildman–Crippen LogP) is 0.0716. The normalized spacial score (nSPS) is 33.2. The van der Waals surface area contributed by atoms with Gasteiger partial charge < -0.3 is 24.4 Å². The van der Waals surface area contributed by atoms with Crippen LogP contribution in [0, 0.1) is 0 Å². The van der Waals surface area contributed by atoms with Gasteiger partial charge in [0.25, 0.3) is 0 Å². The van der Waals surface area contributed by atoms with Crippen LogP contribution >= 0.6 is 0 Å². The van der Waals surface area contributed by atoms with Crippen LogP contribution in [0.15, 0.2) is 11.8 Å². The molecule has 0 aromatic carbocycles. The highest BCUT2D eigenvalue weighted by atomic mass is 16.8. The first-order valence-electron chi connectivity index (χ1n) is 8.64. The van der Waals surface area contributed by atoms with Gasteiger partial charge in [0, 0.05) is 24.6 Å². The van der Waals surface area contributed by atoms with Gasteiger partial charge >= 0.3 is 0 Å². The van der Waals surface area contributed by atoms with E-state index in [1.54, 1.807) is 6.92 Å². The molecule has 2 saturated heterocycles. The molecule has 0 aromatic rings. The van der Waals surface area contributed by atoms with Gasteiger partial charge in [-0.15, -0.1) is 0 Å². The summed E-state index contributed by atoms with van der Waals surface area (Å²) in [5, 5.41) is 19.7. The summed E-state index contributed by atoms with van der Waals surface area (Å²) in [5.74, 6) is -0.761. The summed E-state index contributed by atoms with van der Waals surface area (Å²) < 4.78 is 18.2. The third kappa shape index (κ3) is 3.13. The summed E-state index contributed by atoms with van der Waals surface area (Å²) in [5.41, 5.74) is -1.02. The minimum atomic E-state index is -1.36. The lowest BCUT2D eigenvalue weighted by Crippen LogP contribution is -2.50. The molecule has 140 valence electrons. The van der Waals surface area contributed by atoms with Crippen LogP contribution in [0.5, 0.6) is 0 Å². The standard InChI is InChI=1S/C17H25NO7/c1-12(8-19)7-18(11-22)15-13-14(16(9-20,10-21)25-15)24-17(23-13)5-3-2-4-6-17/h7-8,11,13-15,20-21H,2-6,9-10H2,1H3/b12-7-/t13?,14-,15-/m1/s1. The maximum absolute atomic E-state index is 11.6. The number of ether oxygens (including phenoxy) is 3. The number of aliphatic hydroxyl groups excluding tert-OH is 2. The molecule has 2 N–H and O–H groups in total. The van der Waals surface area contributed by atoms with Gasteiger partial charge in [-0.05, 0) is 19.8 Å². The maximum Gasteiger partial charge on any atom is 0.215 e. The van der Waals surface area contributed by atoms with Gasteiger partial charge in [-0.25, -0.2) is 0 Å². The van der Waals surface area contributed by atoms with Crippen LogP contribution in [-0.2, 0) is 23.8 Å². The van der Waals surface area contributed by atoms with Crippen molar-refractivity contribution in [2.24, 2.45) is 0 Å². The fourth-order valence-electron chi connectivity index (χ4n) is 3.92. The zero-order valence-corrected chi connectivity index (χ0v) is 14.3. The van der Waals surface area contributed by atoms with Gasteiger partial charge in [-0.2, -0.15) is 0 Å². The molecule has 8 heteroatoms. The van der Waals surface area contributed by atoms with E-state index in [1.807, 2.05) is 0 Å². The number of nitrogens with zero attached hydrogens (tertiary/aromatic N) is 1. The molecule has 25 heavy (non-hydrogen) atoms. The molecule has 2 heterocycles. The van der Waals surface area contributed by atoms with Gasteiger partial charge in [0.2, 0.25) is 6.41 Å². The van der Waals surface area contributed by atoms with E-state index < -0.39 is 43.0 Å². The highest BCUT2D eigenvalue weighted by Crippen LogP contribution is 2.49. The van der Waals surface area contributed by atoms with Crippen molar-refractivity contribution in [3.63, 3.8) is 0 Å². The van der Waals surface area contributed by atoms with E-state index >= 15 is 0 Å². The molecule has 3 fully saturated rings. The molecule has 3 aliphatic rings. The van der Waals surface area contributed by atoms with Crippen molar-refractivity contribution in [3.05, 3.63) is 11.8 Å². The first-order valence-corrected chi connectivity index (χ1v) is 8.64. The van der Waals surface area contributed by atoms with Crippen LogP contribution in [0.2, 0.25) is 0 Å². The minimum absolute atomic E-state index is 0.337. The van der Waals surface area contributed by atoms with Crippen LogP contribution in [0.1, 0.15) is 39.0 Å². The second-order valence-electron chi connectivity index (χ2n) is 7.03. The lowest BCUT2D eigenvalue weighted by Gasteiger charge is -2.37. The van der Waals surface area contributed by atoms with Crippen molar-refractivity contribution in [2.45, 2.75) is 68.9 Å². The zero-order chi connectivity index (χ0) is 18.1. The number of amides is 1. The SMILES string of the molecule is C/C(C=O)=C/N(C=O)[C@@H]1OC(CO)(CO)[C@@H]2OC3(CCCCC3)OC12. The Balaban J connectivity index is 1.92. The summed E-state index contributed by atoms with van der Waals surface area (Å²) in [4.78, 5) is 23.6. The molecule has 1 saturated carbocycles. The topological polar surface area (TPSA) is 106 Å². The van der Waals surface area contributed by atoms with Crippen molar-refractivity contribution in [1.82, 2.24) is 4.90 Å². The summed E-state index contributed by atoms with van der Waals surface area (Å²) >= 11 is 0. The Morgan fingerprint density at radius 1 is 1.12 bits per heavy atom. The van der Waals surface area contributed by atoms with Gasteiger partial charge in [0.15, 0.2) is 12.0 Å². The second-order valence-corrected chi connectivity index (χ2v) is 7.03. The zero-order valence-electron chi connectivity index (χ0n) is 14.3. The Morgan fingerprint density at radius 3 is 2.36 bits per heavy atom. The van der Waals surface area contributed by atoms with E-state index in [1.165, 1.54) is 11.1 Å². The van der Waals surface area contributed by atoms with Gasteiger partial charge in [0.1, 0.15) is 24.1 Å². The highest BCUT2D eigenvalue weighted by Gasteiger charge is 2.65. The summed E-state index contributed by atoms with van der Waals surface area (Å²) in [6.07, 6.45) is 4.79. The molecule has 8 nitrogen and oxygen atoms in total. The number of hydrogen-bond acceptors (Lipinski definition) is 7. The number of rotatable bonds is 6. The van der Waals surface area contributed by atoms with E-state index in [4.69, 9.17) is 14.2 Å². The number of fused-ring (bicyclic) bond motifs is 1. The predicted molar refractivity (Wildman–Crippen MR) is 85.1 cm³/mol. The minimum Gasteiger partial charge on any atom is -0.393 e. The Labute approximate surface area is 146 Å². The molecule has 1 unspecified atom stereocenters. The van der Waals surface area contributed by atoms with E-state index in [9.17, 15) is 19.8 Å². The van der Waals surface area contributed by atoms with E-state index in [-0.39, 0.29) is 0 Å². The van der Waals surface area contributed by atoms with Crippen LogP contribution in [0.4, 0.5) is 0 Å². The largest absolute Gasteiger partial charge is 0.393 e. The number of allylic oxidation sites excluding steroid dienone is 1. The van der Waals surface area contributed by atoms with Crippen molar-refractivity contribution >= 4 is 12.7 Å². The molecule has 3 rings (SSSR count). The molecule has 2 aliphatic heterocycles. The van der Waals surface area contributed by atoms with E-state index in [2.05, 4.69) is 0 Å². The molecular weight excluding hydrogens is 330 g/mol. The molecule has 0 radical (unpaired) electrons. The Morgan fingerprint density at radius 2 is 1.80 bits per heavy atom. The first-order chi connectivity index (χ1) is 12.0. The molecule has 3 atom stereocenters. The average Bonchev–Trinajstić information content (AvgIpc) is 3.14. The van der Waals surface area contributed by atoms with Crippen LogP contribution < -0.4 is 0 Å².